The van der Waals surface area contributed by atoms with Gasteiger partial charge in [0.25, 0.3) is 0 Å². The maximum atomic E-state index is 12.8. The third-order valence-electron chi connectivity index (χ3n) is 5.01. The van der Waals surface area contributed by atoms with Gasteiger partial charge in [-0.25, -0.2) is 9.59 Å². The summed E-state index contributed by atoms with van der Waals surface area (Å²) >= 11 is 0. The Morgan fingerprint density at radius 2 is 1.40 bits per heavy atom. The van der Waals surface area contributed by atoms with E-state index >= 15 is 0 Å². The van der Waals surface area contributed by atoms with Gasteiger partial charge in [0.1, 0.15) is 0 Å². The molecule has 186 valence electrons. The molecule has 35 heavy (non-hydrogen) atoms. The minimum atomic E-state index is -5.08. The molecular formula is C25H25F3N2O5. The Morgan fingerprint density at radius 1 is 0.857 bits per heavy atom. The Balaban J connectivity index is 0.000000540. The largest absolute Gasteiger partial charge is 0.490 e. The van der Waals surface area contributed by atoms with Crippen LogP contribution in [0.15, 0.2) is 60.7 Å². The number of nitrogens with zero attached hydrogens (tertiary/aromatic N) is 2. The fourth-order valence-corrected chi connectivity index (χ4v) is 3.20. The van der Waals surface area contributed by atoms with Crippen molar-refractivity contribution in [2.75, 3.05) is 38.1 Å². The number of carbonyl (C=O) groups is 3. The lowest BCUT2D eigenvalue weighted by atomic mass is 10.0. The molecule has 0 atom stereocenters. The minimum Gasteiger partial charge on any atom is -0.478 e. The highest BCUT2D eigenvalue weighted by molar-refractivity contribution is 6.10. The van der Waals surface area contributed by atoms with Crippen molar-refractivity contribution in [2.24, 2.45) is 0 Å². The number of anilines is 1. The number of rotatable bonds is 6. The maximum Gasteiger partial charge on any atom is 0.490 e. The first-order chi connectivity index (χ1) is 16.5. The summed E-state index contributed by atoms with van der Waals surface area (Å²) in [5, 5.41) is 15.9. The molecule has 0 aliphatic carbocycles. The number of hydrogen-bond donors (Lipinski definition) is 2. The number of piperazine rings is 1. The first kappa shape index (κ1) is 27.3. The van der Waals surface area contributed by atoms with Crippen LogP contribution in [0.5, 0.6) is 0 Å². The van der Waals surface area contributed by atoms with E-state index in [4.69, 9.17) is 15.0 Å². The van der Waals surface area contributed by atoms with Crippen LogP contribution < -0.4 is 4.90 Å². The van der Waals surface area contributed by atoms with Crippen LogP contribution in [0.4, 0.5) is 18.9 Å². The molecule has 0 spiro atoms. The van der Waals surface area contributed by atoms with Gasteiger partial charge < -0.3 is 20.0 Å². The van der Waals surface area contributed by atoms with Crippen molar-refractivity contribution in [3.05, 3.63) is 77.4 Å². The van der Waals surface area contributed by atoms with Gasteiger partial charge in [-0.15, -0.1) is 0 Å². The molecule has 10 heteroatoms. The number of benzene rings is 2. The van der Waals surface area contributed by atoms with E-state index in [1.807, 2.05) is 48.5 Å². The van der Waals surface area contributed by atoms with Crippen LogP contribution in [-0.4, -0.2) is 72.2 Å². The lowest BCUT2D eigenvalue weighted by Gasteiger charge is -2.34. The van der Waals surface area contributed by atoms with Crippen LogP contribution in [-0.2, 0) is 9.59 Å². The molecule has 0 saturated carbocycles. The van der Waals surface area contributed by atoms with Crippen molar-refractivity contribution < 1.29 is 37.8 Å². The lowest BCUT2D eigenvalue weighted by molar-refractivity contribution is -0.192. The van der Waals surface area contributed by atoms with Gasteiger partial charge in [0, 0.05) is 43.5 Å². The molecule has 2 aromatic rings. The molecule has 2 aromatic carbocycles. The Bertz CT molecular complexity index is 1100. The first-order valence-electron chi connectivity index (χ1n) is 10.5. The van der Waals surface area contributed by atoms with Crippen LogP contribution in [0.3, 0.4) is 0 Å². The number of likely N-dealkylation sites (N-methyl/N-ethyl adjacent to an activating group) is 1. The van der Waals surface area contributed by atoms with Gasteiger partial charge in [0.2, 0.25) is 0 Å². The molecule has 2 N–H and O–H groups in total. The Kier molecular flexibility index (Phi) is 9.77. The van der Waals surface area contributed by atoms with Gasteiger partial charge in [-0.2, -0.15) is 13.2 Å². The third-order valence-corrected chi connectivity index (χ3v) is 5.01. The first-order valence-corrected chi connectivity index (χ1v) is 10.5. The third kappa shape index (κ3) is 9.09. The summed E-state index contributed by atoms with van der Waals surface area (Å²) in [6, 6.07) is 15.1. The van der Waals surface area contributed by atoms with Gasteiger partial charge in [0.05, 0.1) is 0 Å². The molecule has 1 aliphatic rings. The number of halogens is 3. The topological polar surface area (TPSA) is 98.2 Å². The number of alkyl halides is 3. The number of ketones is 1. The van der Waals surface area contributed by atoms with Crippen LogP contribution in [0.1, 0.15) is 21.5 Å². The Labute approximate surface area is 200 Å². The predicted molar refractivity (Wildman–Crippen MR) is 126 cm³/mol. The normalized spacial score (nSPS) is 14.6. The highest BCUT2D eigenvalue weighted by Crippen LogP contribution is 2.23. The van der Waals surface area contributed by atoms with Gasteiger partial charge in [0.15, 0.2) is 5.78 Å². The molecule has 1 saturated heterocycles. The highest BCUT2D eigenvalue weighted by atomic mass is 19.4. The molecule has 3 rings (SSSR count). The highest BCUT2D eigenvalue weighted by Gasteiger charge is 2.38. The number of carbonyl (C=O) groups excluding carboxylic acids is 1. The summed E-state index contributed by atoms with van der Waals surface area (Å²) in [6.45, 7) is 3.77. The Morgan fingerprint density at radius 3 is 1.94 bits per heavy atom. The van der Waals surface area contributed by atoms with Crippen LogP contribution in [0.25, 0.3) is 12.2 Å². The molecule has 0 bridgehead atoms. The van der Waals surface area contributed by atoms with E-state index in [1.165, 1.54) is 6.08 Å². The van der Waals surface area contributed by atoms with E-state index in [2.05, 4.69) is 16.8 Å². The van der Waals surface area contributed by atoms with Crippen molar-refractivity contribution in [1.82, 2.24) is 4.90 Å². The van der Waals surface area contributed by atoms with Crippen molar-refractivity contribution in [3.8, 4) is 0 Å². The van der Waals surface area contributed by atoms with Gasteiger partial charge in [-0.1, -0.05) is 36.4 Å². The van der Waals surface area contributed by atoms with Crippen molar-refractivity contribution in [3.63, 3.8) is 0 Å². The summed E-state index contributed by atoms with van der Waals surface area (Å²) in [5.41, 5.74) is 3.29. The number of carboxylic acids is 2. The summed E-state index contributed by atoms with van der Waals surface area (Å²) in [6.07, 6.45) is 0.889. The fourth-order valence-electron chi connectivity index (χ4n) is 3.20. The molecule has 1 fully saturated rings. The molecular weight excluding hydrogens is 465 g/mol. The van der Waals surface area contributed by atoms with Crippen LogP contribution in [0.2, 0.25) is 0 Å². The van der Waals surface area contributed by atoms with E-state index in [-0.39, 0.29) is 5.78 Å². The number of para-hydroxylation sites is 1. The molecule has 0 aromatic heterocycles. The van der Waals surface area contributed by atoms with Crippen LogP contribution in [0, 0.1) is 0 Å². The second-order valence-corrected chi connectivity index (χ2v) is 7.65. The lowest BCUT2D eigenvalue weighted by Crippen LogP contribution is -2.44. The number of allylic oxidation sites excluding steroid dienone is 1. The van der Waals surface area contributed by atoms with E-state index in [9.17, 15) is 22.8 Å². The van der Waals surface area contributed by atoms with Crippen LogP contribution >= 0.6 is 0 Å². The van der Waals surface area contributed by atoms with Crippen molar-refractivity contribution >= 4 is 35.6 Å². The fraction of sp³-hybridized carbons (Fsp3) is 0.240. The smallest absolute Gasteiger partial charge is 0.478 e. The van der Waals surface area contributed by atoms with Gasteiger partial charge in [-0.3, -0.25) is 4.79 Å². The second kappa shape index (κ2) is 12.5. The van der Waals surface area contributed by atoms with Gasteiger partial charge in [-0.05, 0) is 48.5 Å². The van der Waals surface area contributed by atoms with E-state index < -0.39 is 18.1 Å². The zero-order valence-electron chi connectivity index (χ0n) is 18.9. The molecule has 0 unspecified atom stereocenters. The van der Waals surface area contributed by atoms with Gasteiger partial charge >= 0.3 is 18.1 Å². The molecule has 1 heterocycles. The number of hydrogen-bond acceptors (Lipinski definition) is 5. The van der Waals surface area contributed by atoms with Crippen molar-refractivity contribution in [2.45, 2.75) is 6.18 Å². The maximum absolute atomic E-state index is 12.8. The molecule has 0 amide bonds. The summed E-state index contributed by atoms with van der Waals surface area (Å²) in [5.74, 6) is -3.79. The Hall–Kier alpha value is -3.92. The average Bonchev–Trinajstić information content (AvgIpc) is 2.82. The number of carboxylic acid groups (broad SMARTS) is 2. The number of aliphatic carboxylic acids is 2. The SMILES string of the molecule is CN1CCN(c2ccccc2C(=O)C=Cc2cccc(C=CC(=O)O)c2)CC1.O=C(O)C(F)(F)F. The summed E-state index contributed by atoms with van der Waals surface area (Å²) in [7, 11) is 2.11. The minimum absolute atomic E-state index is 0.0407. The zero-order valence-corrected chi connectivity index (χ0v) is 18.9. The van der Waals surface area contributed by atoms with E-state index in [0.29, 0.717) is 5.56 Å². The molecule has 7 nitrogen and oxygen atoms in total. The average molecular weight is 490 g/mol. The zero-order chi connectivity index (χ0) is 26.0. The van der Waals surface area contributed by atoms with E-state index in [1.54, 1.807) is 12.2 Å². The van der Waals surface area contributed by atoms with Crippen molar-refractivity contribution in [1.29, 1.82) is 0 Å². The predicted octanol–water partition coefficient (Wildman–Crippen LogP) is 4.07. The monoisotopic (exact) mass is 490 g/mol. The summed E-state index contributed by atoms with van der Waals surface area (Å²) < 4.78 is 31.7. The quantitative estimate of drug-likeness (QED) is 0.465. The second-order valence-electron chi connectivity index (χ2n) is 7.65. The standard InChI is InChI=1S/C23H24N2O3.C2HF3O2/c1-24-13-15-25(16-14-24)21-8-3-2-7-20(21)22(26)11-9-18-5-4-6-19(17-18)10-12-23(27)28;3-2(4,5)1(6)7/h2-12,17H,13-16H2,1H3,(H,27,28);(H,6,7). The molecule has 0 radical (unpaired) electrons. The van der Waals surface area contributed by atoms with E-state index in [0.717, 1.165) is 49.1 Å². The molecule has 1 aliphatic heterocycles. The summed E-state index contributed by atoms with van der Waals surface area (Å²) in [4.78, 5) is 36.9.